The molecule has 0 radical (unpaired) electrons. The van der Waals surface area contributed by atoms with Gasteiger partial charge in [-0.3, -0.25) is 4.72 Å². The van der Waals surface area contributed by atoms with Gasteiger partial charge in [-0.05, 0) is 55.0 Å². The zero-order valence-corrected chi connectivity index (χ0v) is 16.1. The van der Waals surface area contributed by atoms with Gasteiger partial charge in [-0.15, -0.1) is 0 Å². The maximum Gasteiger partial charge on any atom is 0.261 e. The van der Waals surface area contributed by atoms with Crippen molar-refractivity contribution in [2.45, 2.75) is 37.5 Å². The van der Waals surface area contributed by atoms with Gasteiger partial charge in [-0.2, -0.15) is 0 Å². The molecule has 0 heterocycles. The SMILES string of the molecule is CCCCCCOc1ccc(NS(=O)(=O)c2ccc(Br)cc2)cc1. The fraction of sp³-hybridized carbons (Fsp3) is 0.333. The Morgan fingerprint density at radius 3 is 2.25 bits per heavy atom. The summed E-state index contributed by atoms with van der Waals surface area (Å²) in [6.45, 7) is 2.86. The number of hydrogen-bond donors (Lipinski definition) is 1. The second-order valence-electron chi connectivity index (χ2n) is 5.49. The first-order valence-corrected chi connectivity index (χ1v) is 10.3. The summed E-state index contributed by atoms with van der Waals surface area (Å²) in [5, 5.41) is 0. The topological polar surface area (TPSA) is 55.4 Å². The Bertz CT molecular complexity index is 728. The van der Waals surface area contributed by atoms with Crippen LogP contribution in [0.15, 0.2) is 57.9 Å². The molecule has 1 N–H and O–H groups in total. The van der Waals surface area contributed by atoms with Gasteiger partial charge in [-0.25, -0.2) is 8.42 Å². The van der Waals surface area contributed by atoms with E-state index in [-0.39, 0.29) is 4.90 Å². The van der Waals surface area contributed by atoms with Crippen LogP contribution in [0.4, 0.5) is 5.69 Å². The number of halogens is 1. The van der Waals surface area contributed by atoms with Gasteiger partial charge in [0.15, 0.2) is 0 Å². The lowest BCUT2D eigenvalue weighted by Crippen LogP contribution is -2.12. The summed E-state index contributed by atoms with van der Waals surface area (Å²) >= 11 is 3.29. The first-order valence-electron chi connectivity index (χ1n) is 8.02. The van der Waals surface area contributed by atoms with E-state index in [4.69, 9.17) is 4.74 Å². The van der Waals surface area contributed by atoms with Crippen LogP contribution in [0.2, 0.25) is 0 Å². The van der Waals surface area contributed by atoms with Crippen LogP contribution in [0.5, 0.6) is 5.75 Å². The molecule has 6 heteroatoms. The molecule has 0 saturated heterocycles. The highest BCUT2D eigenvalue weighted by molar-refractivity contribution is 9.10. The molecule has 0 amide bonds. The molecule has 2 aromatic rings. The Kier molecular flexibility index (Phi) is 7.12. The molecule has 130 valence electrons. The van der Waals surface area contributed by atoms with E-state index in [1.54, 1.807) is 48.5 Å². The van der Waals surface area contributed by atoms with Crippen molar-refractivity contribution in [2.75, 3.05) is 11.3 Å². The van der Waals surface area contributed by atoms with Gasteiger partial charge in [0.2, 0.25) is 0 Å². The lowest BCUT2D eigenvalue weighted by molar-refractivity contribution is 0.305. The van der Waals surface area contributed by atoms with Crippen molar-refractivity contribution in [1.82, 2.24) is 0 Å². The van der Waals surface area contributed by atoms with Gasteiger partial charge in [0, 0.05) is 10.2 Å². The van der Waals surface area contributed by atoms with E-state index in [2.05, 4.69) is 27.6 Å². The maximum atomic E-state index is 12.3. The molecule has 24 heavy (non-hydrogen) atoms. The summed E-state index contributed by atoms with van der Waals surface area (Å²) < 4.78 is 33.7. The van der Waals surface area contributed by atoms with Crippen LogP contribution < -0.4 is 9.46 Å². The van der Waals surface area contributed by atoms with Gasteiger partial charge in [0.25, 0.3) is 10.0 Å². The van der Waals surface area contributed by atoms with Crippen molar-refractivity contribution >= 4 is 31.6 Å². The molecule has 4 nitrogen and oxygen atoms in total. The third-order valence-corrected chi connectivity index (χ3v) is 5.42. The second-order valence-corrected chi connectivity index (χ2v) is 8.09. The van der Waals surface area contributed by atoms with E-state index in [1.807, 2.05) is 0 Å². The summed E-state index contributed by atoms with van der Waals surface area (Å²) in [6.07, 6.45) is 4.63. The summed E-state index contributed by atoms with van der Waals surface area (Å²) in [5.74, 6) is 0.748. The maximum absolute atomic E-state index is 12.3. The monoisotopic (exact) mass is 411 g/mol. The number of rotatable bonds is 9. The molecule has 0 fully saturated rings. The summed E-state index contributed by atoms with van der Waals surface area (Å²) in [6, 6.07) is 13.5. The van der Waals surface area contributed by atoms with E-state index in [0.717, 1.165) is 16.6 Å². The third kappa shape index (κ3) is 5.83. The molecule has 0 aliphatic carbocycles. The zero-order valence-electron chi connectivity index (χ0n) is 13.7. The number of nitrogens with one attached hydrogen (secondary N) is 1. The predicted octanol–water partition coefficient (Wildman–Crippen LogP) is 5.21. The highest BCUT2D eigenvalue weighted by atomic mass is 79.9. The Morgan fingerprint density at radius 1 is 0.958 bits per heavy atom. The van der Waals surface area contributed by atoms with Crippen LogP contribution in [-0.4, -0.2) is 15.0 Å². The van der Waals surface area contributed by atoms with Crippen molar-refractivity contribution in [3.63, 3.8) is 0 Å². The van der Waals surface area contributed by atoms with Gasteiger partial charge in [0.1, 0.15) is 5.75 Å². The van der Waals surface area contributed by atoms with Gasteiger partial charge < -0.3 is 4.74 Å². The van der Waals surface area contributed by atoms with E-state index in [0.29, 0.717) is 12.3 Å². The lowest BCUT2D eigenvalue weighted by atomic mass is 10.2. The summed E-state index contributed by atoms with van der Waals surface area (Å²) in [4.78, 5) is 0.224. The molecule has 0 atom stereocenters. The molecule has 0 saturated carbocycles. The first kappa shape index (κ1) is 18.8. The molecule has 2 aromatic carbocycles. The number of hydrogen-bond acceptors (Lipinski definition) is 3. The predicted molar refractivity (Wildman–Crippen MR) is 101 cm³/mol. The van der Waals surface area contributed by atoms with Crippen molar-refractivity contribution in [3.8, 4) is 5.75 Å². The zero-order chi connectivity index (χ0) is 17.4. The second kappa shape index (κ2) is 9.08. The lowest BCUT2D eigenvalue weighted by Gasteiger charge is -2.10. The Morgan fingerprint density at radius 2 is 1.62 bits per heavy atom. The van der Waals surface area contributed by atoms with Crippen LogP contribution in [0, 0.1) is 0 Å². The minimum Gasteiger partial charge on any atom is -0.494 e. The smallest absolute Gasteiger partial charge is 0.261 e. The Hall–Kier alpha value is -1.53. The molecule has 0 aliphatic rings. The molecule has 0 spiro atoms. The van der Waals surface area contributed by atoms with Crippen LogP contribution in [0.1, 0.15) is 32.6 Å². The minimum absolute atomic E-state index is 0.224. The van der Waals surface area contributed by atoms with Crippen LogP contribution >= 0.6 is 15.9 Å². The Labute approximate surface area is 152 Å². The largest absolute Gasteiger partial charge is 0.494 e. The summed E-state index contributed by atoms with van der Waals surface area (Å²) in [5.41, 5.74) is 0.510. The average Bonchev–Trinajstić information content (AvgIpc) is 2.56. The van der Waals surface area contributed by atoms with Crippen molar-refractivity contribution in [1.29, 1.82) is 0 Å². The Balaban J connectivity index is 1.92. The molecule has 2 rings (SSSR count). The molecular formula is C18H22BrNO3S. The number of sulfonamides is 1. The van der Waals surface area contributed by atoms with Crippen molar-refractivity contribution in [2.24, 2.45) is 0 Å². The van der Waals surface area contributed by atoms with E-state index >= 15 is 0 Å². The highest BCUT2D eigenvalue weighted by Gasteiger charge is 2.13. The quantitative estimate of drug-likeness (QED) is 0.576. The van der Waals surface area contributed by atoms with Gasteiger partial charge >= 0.3 is 0 Å². The van der Waals surface area contributed by atoms with Crippen LogP contribution in [-0.2, 0) is 10.0 Å². The number of unbranched alkanes of at least 4 members (excludes halogenated alkanes) is 3. The molecule has 0 aromatic heterocycles. The van der Waals surface area contributed by atoms with Crippen molar-refractivity contribution in [3.05, 3.63) is 53.0 Å². The molecular weight excluding hydrogens is 390 g/mol. The van der Waals surface area contributed by atoms with Crippen LogP contribution in [0.25, 0.3) is 0 Å². The number of anilines is 1. The molecule has 0 bridgehead atoms. The average molecular weight is 412 g/mol. The molecule has 0 unspecified atom stereocenters. The summed E-state index contributed by atoms with van der Waals surface area (Å²) in [7, 11) is -3.58. The number of ether oxygens (including phenoxy) is 1. The van der Waals surface area contributed by atoms with Gasteiger partial charge in [-0.1, -0.05) is 42.1 Å². The molecule has 0 aliphatic heterocycles. The first-order chi connectivity index (χ1) is 11.5. The van der Waals surface area contributed by atoms with Gasteiger partial charge in [0.05, 0.1) is 11.5 Å². The van der Waals surface area contributed by atoms with E-state index < -0.39 is 10.0 Å². The minimum atomic E-state index is -3.58. The fourth-order valence-corrected chi connectivity index (χ4v) is 3.49. The van der Waals surface area contributed by atoms with E-state index in [9.17, 15) is 8.42 Å². The fourth-order valence-electron chi connectivity index (χ4n) is 2.17. The normalized spacial score (nSPS) is 11.2. The van der Waals surface area contributed by atoms with Crippen molar-refractivity contribution < 1.29 is 13.2 Å². The standard InChI is InChI=1S/C18H22BrNO3S/c1-2-3-4-5-14-23-17-10-8-16(9-11-17)20-24(21,22)18-12-6-15(19)7-13-18/h6-13,20H,2-5,14H2,1H3. The number of benzene rings is 2. The van der Waals surface area contributed by atoms with E-state index in [1.165, 1.54) is 19.3 Å². The third-order valence-electron chi connectivity index (χ3n) is 3.50. The van der Waals surface area contributed by atoms with Crippen LogP contribution in [0.3, 0.4) is 0 Å². The highest BCUT2D eigenvalue weighted by Crippen LogP contribution is 2.21.